The molecule has 0 bridgehead atoms. The number of nitrogens with one attached hydrogen (secondary N) is 1. The molecule has 3 aromatic carbocycles. The third-order valence-electron chi connectivity index (χ3n) is 7.34. The number of aromatic nitrogens is 1. The van der Waals surface area contributed by atoms with Crippen LogP contribution >= 0.6 is 39.0 Å². The molecule has 0 radical (unpaired) electrons. The van der Waals surface area contributed by atoms with Gasteiger partial charge in [-0.2, -0.15) is 0 Å². The van der Waals surface area contributed by atoms with E-state index in [1.807, 2.05) is 24.3 Å². The van der Waals surface area contributed by atoms with Gasteiger partial charge in [-0.3, -0.25) is 23.7 Å². The zero-order chi connectivity index (χ0) is 31.1. The standard InChI is InChI=1S/C31H23BrFN3O6S2/c1-2-42-30(40)17-5-13-21(14-6-17)36-27(38)24-23(16-3-7-18(32)8-4-16)26-29(43-25(24)28(36)39)35(31(41)44-26)15-22(37)34-20-11-9-19(33)10-12-20/h3-14,23-25H,2,15H2,1H3,(H,34,37). The highest BCUT2D eigenvalue weighted by molar-refractivity contribution is 9.10. The topological polar surface area (TPSA) is 115 Å². The fourth-order valence-corrected chi connectivity index (χ4v) is 8.41. The zero-order valence-corrected chi connectivity index (χ0v) is 26.2. The lowest BCUT2D eigenvalue weighted by atomic mass is 9.83. The molecular formula is C31H23BrFN3O6S2. The molecular weight excluding hydrogens is 673 g/mol. The molecule has 2 aliphatic heterocycles. The summed E-state index contributed by atoms with van der Waals surface area (Å²) in [5, 5.41) is 2.25. The summed E-state index contributed by atoms with van der Waals surface area (Å²) in [6.45, 7) is 1.58. The molecule has 224 valence electrons. The van der Waals surface area contributed by atoms with Crippen LogP contribution < -0.4 is 15.1 Å². The normalized spacial score (nSPS) is 19.0. The van der Waals surface area contributed by atoms with Crippen LogP contribution in [0, 0.1) is 11.7 Å². The van der Waals surface area contributed by atoms with Crippen LogP contribution in [0.25, 0.3) is 0 Å². The van der Waals surface area contributed by atoms with E-state index in [0.29, 0.717) is 26.8 Å². The number of ether oxygens (including phenoxy) is 1. The summed E-state index contributed by atoms with van der Waals surface area (Å²) < 4.78 is 20.5. The average Bonchev–Trinajstić information content (AvgIpc) is 3.45. The second kappa shape index (κ2) is 12.1. The van der Waals surface area contributed by atoms with Gasteiger partial charge in [0.25, 0.3) is 0 Å². The first kappa shape index (κ1) is 30.0. The Kier molecular flexibility index (Phi) is 8.27. The molecule has 3 heterocycles. The number of esters is 1. The number of anilines is 2. The summed E-state index contributed by atoms with van der Waals surface area (Å²) >= 11 is 5.48. The van der Waals surface area contributed by atoms with Gasteiger partial charge in [0, 0.05) is 21.0 Å². The molecule has 0 spiro atoms. The molecule has 1 fully saturated rings. The molecule has 13 heteroatoms. The Morgan fingerprint density at radius 1 is 0.955 bits per heavy atom. The van der Waals surface area contributed by atoms with Crippen molar-refractivity contribution in [3.8, 4) is 0 Å². The molecule has 0 aliphatic carbocycles. The van der Waals surface area contributed by atoms with E-state index in [-0.39, 0.29) is 13.2 Å². The number of fused-ring (bicyclic) bond motifs is 2. The SMILES string of the molecule is CCOC(=O)c1ccc(N2C(=O)C3Sc4c(sc(=O)n4CC(=O)Nc4ccc(F)cc4)C(c4ccc(Br)cc4)C3C2=O)cc1. The van der Waals surface area contributed by atoms with Crippen molar-refractivity contribution in [2.24, 2.45) is 5.92 Å². The molecule has 3 unspecified atom stereocenters. The van der Waals surface area contributed by atoms with E-state index in [1.165, 1.54) is 53.1 Å². The van der Waals surface area contributed by atoms with E-state index in [4.69, 9.17) is 4.74 Å². The minimum absolute atomic E-state index is 0.213. The number of carbonyl (C=O) groups is 4. The Balaban J connectivity index is 1.36. The number of hydrogen-bond acceptors (Lipinski definition) is 8. The van der Waals surface area contributed by atoms with Gasteiger partial charge in [0.1, 0.15) is 17.6 Å². The van der Waals surface area contributed by atoms with Crippen molar-refractivity contribution in [2.45, 2.75) is 29.7 Å². The third-order valence-corrected chi connectivity index (χ3v) is 10.5. The van der Waals surface area contributed by atoms with Crippen molar-refractivity contribution in [2.75, 3.05) is 16.8 Å². The van der Waals surface area contributed by atoms with E-state index < -0.39 is 51.5 Å². The van der Waals surface area contributed by atoms with Gasteiger partial charge in [-0.05, 0) is 73.2 Å². The Labute approximate surface area is 267 Å². The molecule has 1 aromatic heterocycles. The highest BCUT2D eigenvalue weighted by atomic mass is 79.9. The molecule has 0 saturated carbocycles. The van der Waals surface area contributed by atoms with Crippen molar-refractivity contribution >= 4 is 74.1 Å². The highest BCUT2D eigenvalue weighted by Gasteiger charge is 2.56. The number of carbonyl (C=O) groups excluding carboxylic acids is 4. The maximum absolute atomic E-state index is 14.0. The highest BCUT2D eigenvalue weighted by Crippen LogP contribution is 2.54. The van der Waals surface area contributed by atoms with E-state index in [2.05, 4.69) is 21.2 Å². The summed E-state index contributed by atoms with van der Waals surface area (Å²) in [6, 6.07) is 18.7. The number of imide groups is 1. The molecule has 3 amide bonds. The Morgan fingerprint density at radius 2 is 1.64 bits per heavy atom. The van der Waals surface area contributed by atoms with Gasteiger partial charge in [-0.25, -0.2) is 14.1 Å². The van der Waals surface area contributed by atoms with Crippen LogP contribution in [0.4, 0.5) is 15.8 Å². The second-order valence-corrected chi connectivity index (χ2v) is 13.1. The summed E-state index contributed by atoms with van der Waals surface area (Å²) in [7, 11) is 0. The average molecular weight is 697 g/mol. The molecule has 2 aliphatic rings. The fraction of sp³-hybridized carbons (Fsp3) is 0.194. The van der Waals surface area contributed by atoms with Crippen LogP contribution in [0.1, 0.15) is 33.6 Å². The number of halogens is 2. The molecule has 6 rings (SSSR count). The molecule has 44 heavy (non-hydrogen) atoms. The molecule has 4 aromatic rings. The Hall–Kier alpha value is -4.07. The molecule has 1 saturated heterocycles. The summed E-state index contributed by atoms with van der Waals surface area (Å²) in [5.74, 6) is -3.77. The first-order valence-corrected chi connectivity index (χ1v) is 16.0. The minimum Gasteiger partial charge on any atom is -0.462 e. The quantitative estimate of drug-likeness (QED) is 0.203. The number of benzene rings is 3. The zero-order valence-electron chi connectivity index (χ0n) is 23.0. The van der Waals surface area contributed by atoms with Crippen LogP contribution in [0.15, 0.2) is 87.1 Å². The van der Waals surface area contributed by atoms with Gasteiger partial charge >= 0.3 is 10.8 Å². The maximum atomic E-state index is 14.0. The van der Waals surface area contributed by atoms with Crippen LogP contribution in [0.2, 0.25) is 0 Å². The predicted molar refractivity (Wildman–Crippen MR) is 168 cm³/mol. The lowest BCUT2D eigenvalue weighted by molar-refractivity contribution is -0.122. The summed E-state index contributed by atoms with van der Waals surface area (Å²) in [4.78, 5) is 67.7. The van der Waals surface area contributed by atoms with E-state index >= 15 is 0 Å². The Morgan fingerprint density at radius 3 is 2.30 bits per heavy atom. The molecule has 3 atom stereocenters. The van der Waals surface area contributed by atoms with Gasteiger partial charge in [0.2, 0.25) is 17.7 Å². The molecule has 9 nitrogen and oxygen atoms in total. The van der Waals surface area contributed by atoms with Gasteiger partial charge in [-0.1, -0.05) is 51.2 Å². The predicted octanol–water partition coefficient (Wildman–Crippen LogP) is 5.42. The van der Waals surface area contributed by atoms with Crippen LogP contribution in [-0.4, -0.2) is 40.1 Å². The third kappa shape index (κ3) is 5.51. The largest absolute Gasteiger partial charge is 0.462 e. The van der Waals surface area contributed by atoms with Gasteiger partial charge < -0.3 is 10.1 Å². The number of thiazole rings is 1. The van der Waals surface area contributed by atoms with Crippen LogP contribution in [-0.2, 0) is 25.7 Å². The van der Waals surface area contributed by atoms with Crippen molar-refractivity contribution < 1.29 is 28.3 Å². The first-order valence-electron chi connectivity index (χ1n) is 13.5. The second-order valence-electron chi connectivity index (χ2n) is 10.1. The summed E-state index contributed by atoms with van der Waals surface area (Å²) in [5.41, 5.74) is 1.72. The minimum atomic E-state index is -0.867. The van der Waals surface area contributed by atoms with Crippen molar-refractivity contribution in [1.82, 2.24) is 4.57 Å². The van der Waals surface area contributed by atoms with Gasteiger partial charge in [0.15, 0.2) is 0 Å². The van der Waals surface area contributed by atoms with Gasteiger partial charge in [0.05, 0.1) is 28.8 Å². The molecule has 1 N–H and O–H groups in total. The number of amides is 3. The van der Waals surface area contributed by atoms with Crippen molar-refractivity contribution in [3.63, 3.8) is 0 Å². The monoisotopic (exact) mass is 695 g/mol. The Bertz CT molecular complexity index is 1840. The first-order chi connectivity index (χ1) is 21.2. The number of nitrogens with zero attached hydrogens (tertiary/aromatic N) is 2. The van der Waals surface area contributed by atoms with E-state index in [1.54, 1.807) is 6.92 Å². The number of hydrogen-bond donors (Lipinski definition) is 1. The number of thioether (sulfide) groups is 1. The van der Waals surface area contributed by atoms with Crippen LogP contribution in [0.3, 0.4) is 0 Å². The van der Waals surface area contributed by atoms with Crippen LogP contribution in [0.5, 0.6) is 0 Å². The lowest BCUT2D eigenvalue weighted by Gasteiger charge is -2.30. The fourth-order valence-electron chi connectivity index (χ4n) is 5.38. The number of rotatable bonds is 7. The maximum Gasteiger partial charge on any atom is 0.338 e. The van der Waals surface area contributed by atoms with E-state index in [9.17, 15) is 28.4 Å². The van der Waals surface area contributed by atoms with Crippen molar-refractivity contribution in [3.05, 3.63) is 109 Å². The lowest BCUT2D eigenvalue weighted by Crippen LogP contribution is -2.33. The van der Waals surface area contributed by atoms with Gasteiger partial charge in [-0.15, -0.1) is 0 Å². The smallest absolute Gasteiger partial charge is 0.338 e. The van der Waals surface area contributed by atoms with E-state index in [0.717, 1.165) is 38.0 Å². The van der Waals surface area contributed by atoms with Crippen molar-refractivity contribution in [1.29, 1.82) is 0 Å². The summed E-state index contributed by atoms with van der Waals surface area (Å²) in [6.07, 6.45) is 0.